The van der Waals surface area contributed by atoms with Gasteiger partial charge in [-0.2, -0.15) is 0 Å². The van der Waals surface area contributed by atoms with Crippen LogP contribution in [0.5, 0.6) is 0 Å². The molecule has 2 aromatic heterocycles. The molecule has 0 radical (unpaired) electrons. The van der Waals surface area contributed by atoms with Gasteiger partial charge in [-0.15, -0.1) is 22.7 Å². The molecule has 1 fully saturated rings. The smallest absolute Gasteiger partial charge is 0.399 e. The summed E-state index contributed by atoms with van der Waals surface area (Å²) in [4.78, 5) is 0. The standard InChI is InChI=1S/C14H8F2S.C12H16BFO2.C8H4BrFS.S13.S12.S5/c15-10-3-1-2-9(8-10)11-4-5-13(16)14-12(11)6-7-17-14;1-11(2)12(3,4)16-13(15-11)9-6-5-7-10(14)8-9;9-6-1-2-7(10)8-5(6)3-4-11-8;1-3-5-7-9-11-13-12-10-8-6-4-2;1-3-5-7-9-11-12-10-8-6-4-2;1-3-5-4-2/h1-8H;5-8H,1-4H3;1-4H;;;. The molecule has 0 aliphatic carbocycles. The van der Waals surface area contributed by atoms with E-state index in [2.05, 4.69) is 60.7 Å². The van der Waals surface area contributed by atoms with Crippen molar-refractivity contribution < 1.29 is 26.9 Å². The normalized spacial score (nSPS) is 11.7. The van der Waals surface area contributed by atoms with Crippen molar-refractivity contribution in [3.63, 3.8) is 0 Å². The minimum absolute atomic E-state index is 0.141. The Labute approximate surface area is 541 Å². The van der Waals surface area contributed by atoms with Gasteiger partial charge in [0.25, 0.3) is 0 Å². The molecule has 0 amide bonds. The summed E-state index contributed by atoms with van der Waals surface area (Å²) in [5, 5.41) is 5.52. The number of benzene rings is 4. The maximum Gasteiger partial charge on any atom is 0.494 e. The molecule has 40 heteroatoms. The highest BCUT2D eigenvalue weighted by atomic mass is 79.9. The Morgan fingerprint density at radius 2 is 0.824 bits per heavy atom. The lowest BCUT2D eigenvalue weighted by molar-refractivity contribution is 0.00578. The van der Waals surface area contributed by atoms with E-state index in [1.807, 2.05) is 62.7 Å². The molecule has 406 valence electrons. The molecule has 74 heavy (non-hydrogen) atoms. The van der Waals surface area contributed by atoms with Crippen LogP contribution in [0.25, 0.3) is 31.3 Å². The van der Waals surface area contributed by atoms with E-state index < -0.39 is 7.12 Å². The first-order chi connectivity index (χ1) is 35.6. The summed E-state index contributed by atoms with van der Waals surface area (Å²) in [6, 6.07) is 22.8. The van der Waals surface area contributed by atoms with Crippen molar-refractivity contribution in [2.24, 2.45) is 0 Å². The van der Waals surface area contributed by atoms with Crippen LogP contribution >= 0.6 is 38.6 Å². The number of hydrogen-bond acceptors (Lipinski definition) is 10. The first-order valence-electron chi connectivity index (χ1n) is 18.2. The Morgan fingerprint density at radius 3 is 1.22 bits per heavy atom. The minimum Gasteiger partial charge on any atom is -0.399 e. The van der Waals surface area contributed by atoms with Crippen molar-refractivity contribution in [2.45, 2.75) is 38.9 Å². The van der Waals surface area contributed by atoms with Crippen LogP contribution in [-0.4, -0.2) is 18.3 Å². The predicted octanol–water partition coefficient (Wildman–Crippen LogP) is 10.7. The van der Waals surface area contributed by atoms with Gasteiger partial charge in [0.15, 0.2) is 0 Å². The highest BCUT2D eigenvalue weighted by molar-refractivity contribution is 9.10. The third kappa shape index (κ3) is 30.4. The van der Waals surface area contributed by atoms with Gasteiger partial charge >= 0.3 is 7.12 Å². The van der Waals surface area contributed by atoms with Crippen molar-refractivity contribution in [1.82, 2.24) is 0 Å². The van der Waals surface area contributed by atoms with E-state index in [1.165, 1.54) is 121 Å². The molecule has 1 saturated heterocycles. The van der Waals surface area contributed by atoms with Gasteiger partial charge in [-0.1, -0.05) is 46.3 Å². The summed E-state index contributed by atoms with van der Waals surface area (Å²) in [6.45, 7) is 7.91. The summed E-state index contributed by atoms with van der Waals surface area (Å²) >= 11 is 33.8. The second kappa shape index (κ2) is 45.0. The maximum absolute atomic E-state index is 13.5. The molecule has 6 aromatic rings. The van der Waals surface area contributed by atoms with Crippen molar-refractivity contribution in [3.8, 4) is 11.1 Å². The van der Waals surface area contributed by atoms with Crippen LogP contribution < -0.4 is 5.46 Å². The lowest BCUT2D eigenvalue weighted by Crippen LogP contribution is -2.41. The summed E-state index contributed by atoms with van der Waals surface area (Å²) in [6.07, 6.45) is 0. The van der Waals surface area contributed by atoms with Gasteiger partial charge in [0.05, 0.1) is 20.6 Å². The van der Waals surface area contributed by atoms with Crippen molar-refractivity contribution in [1.29, 1.82) is 0 Å². The lowest BCUT2D eigenvalue weighted by Gasteiger charge is -2.32. The SMILES string of the molecule is CC1(C)OB(c2cccc(F)c2)OC1(C)C.Fc1ccc(Br)c2ccsc12.Fc1cccc(-c2ccc(F)c3sccc23)c1.S=S=S=S=S.S=S=S=S=S=S=S=S=S=S=S=S.S=S=S=S=S=S=S=S=S=S=S=S=S. The van der Waals surface area contributed by atoms with Crippen molar-refractivity contribution in [2.75, 3.05) is 0 Å². The molecule has 0 atom stereocenters. The summed E-state index contributed by atoms with van der Waals surface area (Å²) in [5.41, 5.74) is 1.59. The number of fused-ring (bicyclic) bond motifs is 2. The number of hydrogen-bond donors (Lipinski definition) is 0. The fourth-order valence-corrected chi connectivity index (χ4v) is 56.4. The molecule has 3 heterocycles. The molecular weight excluding hydrogens is 1630 g/mol. The van der Waals surface area contributed by atoms with Crippen LogP contribution in [-0.2, 0) is 290 Å². The first-order valence-corrected chi connectivity index (χ1v) is 56.8. The zero-order chi connectivity index (χ0) is 54.6. The molecular formula is C34H28BBrF4O2S32. The molecule has 0 unspecified atom stereocenters. The van der Waals surface area contributed by atoms with Crippen LogP contribution in [0.1, 0.15) is 27.7 Å². The third-order valence-electron chi connectivity index (χ3n) is 8.18. The van der Waals surface area contributed by atoms with Gasteiger partial charge in [0, 0.05) is 296 Å². The Kier molecular flexibility index (Phi) is 44.8. The van der Waals surface area contributed by atoms with Crippen LogP contribution in [0, 0.1) is 23.3 Å². The summed E-state index contributed by atoms with van der Waals surface area (Å²) in [5.74, 6) is -0.921. The zero-order valence-electron chi connectivity index (χ0n) is 36.6. The average Bonchev–Trinajstić information content (AvgIpc) is 4.14. The van der Waals surface area contributed by atoms with Gasteiger partial charge in [-0.05, 0) is 110 Å². The molecule has 1 aliphatic rings. The summed E-state index contributed by atoms with van der Waals surface area (Å²) in [7, 11) is 37.8. The van der Waals surface area contributed by atoms with Crippen LogP contribution in [0.3, 0.4) is 0 Å². The third-order valence-corrected chi connectivity index (χ3v) is 57.4. The van der Waals surface area contributed by atoms with E-state index in [0.717, 1.165) is 36.5 Å². The van der Waals surface area contributed by atoms with E-state index in [4.69, 9.17) is 31.7 Å². The second-order valence-corrected chi connectivity index (χ2v) is 57.9. The van der Waals surface area contributed by atoms with Gasteiger partial charge in [-0.25, -0.2) is 17.6 Å². The Hall–Kier alpha value is 3.58. The van der Waals surface area contributed by atoms with Crippen molar-refractivity contribution >= 4 is 352 Å². The number of rotatable bonds is 2. The minimum atomic E-state index is -0.485. The van der Waals surface area contributed by atoms with Gasteiger partial charge in [0.1, 0.15) is 23.3 Å². The second-order valence-electron chi connectivity index (χ2n) is 12.7. The maximum atomic E-state index is 13.5. The number of halogens is 5. The van der Waals surface area contributed by atoms with Crippen LogP contribution in [0.15, 0.2) is 100 Å². The quantitative estimate of drug-likeness (QED) is 0.125. The fraction of sp³-hybridized carbons (Fsp3) is 0.176. The largest absolute Gasteiger partial charge is 0.494 e. The Morgan fingerprint density at radius 1 is 0.446 bits per heavy atom. The monoisotopic (exact) mass is 1660 g/mol. The highest BCUT2D eigenvalue weighted by Gasteiger charge is 2.51. The molecule has 2 nitrogen and oxygen atoms in total. The van der Waals surface area contributed by atoms with E-state index >= 15 is 0 Å². The molecule has 1 aliphatic heterocycles. The fourth-order valence-electron chi connectivity index (χ4n) is 4.77. The van der Waals surface area contributed by atoms with Crippen molar-refractivity contribution in [3.05, 3.63) is 123 Å². The van der Waals surface area contributed by atoms with Gasteiger partial charge in [-0.3, -0.25) is 0 Å². The molecule has 0 spiro atoms. The zero-order valence-corrected chi connectivity index (χ0v) is 64.3. The molecule has 0 bridgehead atoms. The Bertz CT molecular complexity index is 3850. The van der Waals surface area contributed by atoms with E-state index in [0.29, 0.717) is 4.70 Å². The van der Waals surface area contributed by atoms with E-state index in [9.17, 15) is 17.6 Å². The van der Waals surface area contributed by atoms with Gasteiger partial charge in [0.2, 0.25) is 0 Å². The molecule has 7 rings (SSSR count). The Balaban J connectivity index is 0.000000312. The van der Waals surface area contributed by atoms with Gasteiger partial charge < -0.3 is 9.31 Å². The topological polar surface area (TPSA) is 18.5 Å². The summed E-state index contributed by atoms with van der Waals surface area (Å²) < 4.78 is 66.7. The average molecular weight is 1660 g/mol. The number of thiophene rings is 2. The van der Waals surface area contributed by atoms with E-state index in [-0.39, 0.29) is 34.5 Å². The molecule has 0 saturated carbocycles. The van der Waals surface area contributed by atoms with Crippen LogP contribution in [0.4, 0.5) is 17.6 Å². The van der Waals surface area contributed by atoms with Crippen LogP contribution in [0.2, 0.25) is 0 Å². The first kappa shape index (κ1) is 73.7. The lowest BCUT2D eigenvalue weighted by atomic mass is 9.79. The molecule has 0 N–H and O–H groups in total. The molecule has 4 aromatic carbocycles. The van der Waals surface area contributed by atoms with E-state index in [1.54, 1.807) is 175 Å². The highest BCUT2D eigenvalue weighted by Crippen LogP contribution is 2.37. The predicted molar refractivity (Wildman–Crippen MR) is 400 cm³/mol.